The zero-order chi connectivity index (χ0) is 14.3. The van der Waals surface area contributed by atoms with Gasteiger partial charge in [0.25, 0.3) is 0 Å². The van der Waals surface area contributed by atoms with Crippen LogP contribution in [0.2, 0.25) is 0 Å². The van der Waals surface area contributed by atoms with E-state index in [-0.39, 0.29) is 5.41 Å². The van der Waals surface area contributed by atoms with Crippen LogP contribution >= 0.6 is 0 Å². The average molecular weight is 271 g/mol. The summed E-state index contributed by atoms with van der Waals surface area (Å²) in [5.74, 6) is 0.613. The second-order valence-electron chi connectivity index (χ2n) is 6.17. The molecule has 0 aliphatic heterocycles. The first-order valence-electron chi connectivity index (χ1n) is 8.08. The topological polar surface area (TPSA) is 41.5 Å². The molecule has 0 aromatic rings. The van der Waals surface area contributed by atoms with Gasteiger partial charge < -0.3 is 15.2 Å². The summed E-state index contributed by atoms with van der Waals surface area (Å²) < 4.78 is 5.84. The molecule has 1 rings (SSSR count). The lowest BCUT2D eigenvalue weighted by Crippen LogP contribution is -2.62. The number of aliphatic hydroxyl groups is 1. The molecule has 3 nitrogen and oxygen atoms in total. The molecular weight excluding hydrogens is 238 g/mol. The van der Waals surface area contributed by atoms with Crippen LogP contribution in [0.15, 0.2) is 0 Å². The second kappa shape index (κ2) is 8.23. The summed E-state index contributed by atoms with van der Waals surface area (Å²) in [4.78, 5) is 0. The number of ether oxygens (including phenoxy) is 1. The molecule has 114 valence electrons. The molecule has 0 aromatic heterocycles. The van der Waals surface area contributed by atoms with Gasteiger partial charge in [-0.25, -0.2) is 0 Å². The molecule has 4 unspecified atom stereocenters. The Morgan fingerprint density at radius 1 is 1.32 bits per heavy atom. The smallest absolute Gasteiger partial charge is 0.0658 e. The summed E-state index contributed by atoms with van der Waals surface area (Å²) in [5, 5.41) is 12.8. The Hall–Kier alpha value is -0.120. The minimum atomic E-state index is 0.284. The van der Waals surface area contributed by atoms with Crippen LogP contribution in [0.1, 0.15) is 59.8 Å². The summed E-state index contributed by atoms with van der Waals surface area (Å²) in [7, 11) is 0. The zero-order valence-electron chi connectivity index (χ0n) is 13.2. The van der Waals surface area contributed by atoms with Crippen LogP contribution in [0.25, 0.3) is 0 Å². The van der Waals surface area contributed by atoms with E-state index in [2.05, 4.69) is 33.0 Å². The van der Waals surface area contributed by atoms with E-state index in [1.807, 2.05) is 0 Å². The number of rotatable bonds is 10. The van der Waals surface area contributed by atoms with Crippen LogP contribution < -0.4 is 5.32 Å². The lowest BCUT2D eigenvalue weighted by molar-refractivity contribution is -0.126. The van der Waals surface area contributed by atoms with Gasteiger partial charge in [0.05, 0.1) is 6.10 Å². The molecule has 1 aliphatic rings. The molecule has 19 heavy (non-hydrogen) atoms. The molecule has 0 heterocycles. The summed E-state index contributed by atoms with van der Waals surface area (Å²) in [5.41, 5.74) is 0.284. The van der Waals surface area contributed by atoms with Gasteiger partial charge in [0.2, 0.25) is 0 Å². The molecule has 0 radical (unpaired) electrons. The van der Waals surface area contributed by atoms with Crippen molar-refractivity contribution in [2.75, 3.05) is 19.8 Å². The van der Waals surface area contributed by atoms with E-state index in [4.69, 9.17) is 9.84 Å². The van der Waals surface area contributed by atoms with Gasteiger partial charge in [0.1, 0.15) is 0 Å². The van der Waals surface area contributed by atoms with Gasteiger partial charge in [-0.3, -0.25) is 0 Å². The van der Waals surface area contributed by atoms with Gasteiger partial charge in [-0.2, -0.15) is 0 Å². The van der Waals surface area contributed by atoms with Gasteiger partial charge in [0, 0.05) is 24.7 Å². The average Bonchev–Trinajstić information content (AvgIpc) is 2.41. The molecule has 1 fully saturated rings. The molecule has 0 amide bonds. The van der Waals surface area contributed by atoms with E-state index in [9.17, 15) is 0 Å². The summed E-state index contributed by atoms with van der Waals surface area (Å²) in [6, 6.07) is 0.576. The van der Waals surface area contributed by atoms with Gasteiger partial charge in [0.15, 0.2) is 0 Å². The Kier molecular flexibility index (Phi) is 7.33. The Bertz CT molecular complexity index is 241. The highest BCUT2D eigenvalue weighted by molar-refractivity contribution is 5.04. The van der Waals surface area contributed by atoms with Crippen molar-refractivity contribution in [1.82, 2.24) is 5.32 Å². The quantitative estimate of drug-likeness (QED) is 0.642. The molecule has 1 saturated carbocycles. The van der Waals surface area contributed by atoms with Crippen molar-refractivity contribution in [2.24, 2.45) is 11.3 Å². The number of hydrogen-bond acceptors (Lipinski definition) is 3. The van der Waals surface area contributed by atoms with Crippen LogP contribution in [-0.4, -0.2) is 37.0 Å². The number of nitrogens with one attached hydrogen (secondary N) is 1. The van der Waals surface area contributed by atoms with Gasteiger partial charge >= 0.3 is 0 Å². The number of aliphatic hydroxyl groups excluding tert-OH is 1. The molecule has 4 atom stereocenters. The van der Waals surface area contributed by atoms with Gasteiger partial charge in [-0.15, -0.1) is 0 Å². The highest BCUT2D eigenvalue weighted by Crippen LogP contribution is 2.45. The first-order valence-corrected chi connectivity index (χ1v) is 8.08. The van der Waals surface area contributed by atoms with Crippen LogP contribution in [0, 0.1) is 11.3 Å². The lowest BCUT2D eigenvalue weighted by atomic mass is 9.61. The van der Waals surface area contributed by atoms with Crippen molar-refractivity contribution >= 4 is 0 Å². The van der Waals surface area contributed by atoms with Crippen LogP contribution in [0.3, 0.4) is 0 Å². The van der Waals surface area contributed by atoms with Crippen molar-refractivity contribution in [3.8, 4) is 0 Å². The second-order valence-corrected chi connectivity index (χ2v) is 6.17. The molecule has 0 bridgehead atoms. The first kappa shape index (κ1) is 16.9. The summed E-state index contributed by atoms with van der Waals surface area (Å²) in [6.07, 6.45) is 6.04. The fourth-order valence-electron chi connectivity index (χ4n) is 3.31. The maximum Gasteiger partial charge on any atom is 0.0658 e. The Balaban J connectivity index is 2.40. The molecule has 0 saturated heterocycles. The fraction of sp³-hybridized carbons (Fsp3) is 1.00. The fourth-order valence-corrected chi connectivity index (χ4v) is 3.31. The van der Waals surface area contributed by atoms with E-state index >= 15 is 0 Å². The molecule has 0 spiro atoms. The first-order chi connectivity index (χ1) is 9.12. The van der Waals surface area contributed by atoms with E-state index in [1.165, 1.54) is 12.8 Å². The highest BCUT2D eigenvalue weighted by Gasteiger charge is 2.50. The standard InChI is InChI=1S/C16H33NO2/c1-5-8-13(9-10-18)12-17-14-11-15(19-7-3)16(14,4)6-2/h13-15,17-18H,5-12H2,1-4H3. The zero-order valence-corrected chi connectivity index (χ0v) is 13.2. The van der Waals surface area contributed by atoms with Crippen LogP contribution in [0.4, 0.5) is 0 Å². The molecule has 1 aliphatic carbocycles. The molecular formula is C16H33NO2. The normalized spacial score (nSPS) is 32.1. The van der Waals surface area contributed by atoms with Crippen molar-refractivity contribution in [2.45, 2.75) is 71.9 Å². The summed E-state index contributed by atoms with van der Waals surface area (Å²) in [6.45, 7) is 11.1. The van der Waals surface area contributed by atoms with Gasteiger partial charge in [-0.1, -0.05) is 27.2 Å². The highest BCUT2D eigenvalue weighted by atomic mass is 16.5. The largest absolute Gasteiger partial charge is 0.396 e. The summed E-state index contributed by atoms with van der Waals surface area (Å²) >= 11 is 0. The van der Waals surface area contributed by atoms with E-state index in [0.717, 1.165) is 32.4 Å². The van der Waals surface area contributed by atoms with Crippen molar-refractivity contribution in [3.63, 3.8) is 0 Å². The van der Waals surface area contributed by atoms with Crippen LogP contribution in [-0.2, 0) is 4.74 Å². The van der Waals surface area contributed by atoms with E-state index < -0.39 is 0 Å². The minimum absolute atomic E-state index is 0.284. The third-order valence-electron chi connectivity index (χ3n) is 5.00. The van der Waals surface area contributed by atoms with Gasteiger partial charge in [-0.05, 0) is 45.1 Å². The predicted octanol–water partition coefficient (Wildman–Crippen LogP) is 2.97. The lowest BCUT2D eigenvalue weighted by Gasteiger charge is -2.54. The van der Waals surface area contributed by atoms with Crippen molar-refractivity contribution in [1.29, 1.82) is 0 Å². The third kappa shape index (κ3) is 4.17. The Morgan fingerprint density at radius 2 is 2.05 bits per heavy atom. The molecule has 3 heteroatoms. The van der Waals surface area contributed by atoms with Crippen LogP contribution in [0.5, 0.6) is 0 Å². The third-order valence-corrected chi connectivity index (χ3v) is 5.00. The maximum absolute atomic E-state index is 9.11. The van der Waals surface area contributed by atoms with Crippen molar-refractivity contribution < 1.29 is 9.84 Å². The predicted molar refractivity (Wildman–Crippen MR) is 80.3 cm³/mol. The molecule has 2 N–H and O–H groups in total. The maximum atomic E-state index is 9.11. The monoisotopic (exact) mass is 271 g/mol. The molecule has 0 aromatic carbocycles. The minimum Gasteiger partial charge on any atom is -0.396 e. The Labute approximate surface area is 119 Å². The van der Waals surface area contributed by atoms with Crippen molar-refractivity contribution in [3.05, 3.63) is 0 Å². The number of hydrogen-bond donors (Lipinski definition) is 2. The SMILES string of the molecule is CCCC(CCO)CNC1CC(OCC)C1(C)CC. The Morgan fingerprint density at radius 3 is 2.58 bits per heavy atom. The van der Waals surface area contributed by atoms with E-state index in [1.54, 1.807) is 0 Å². The van der Waals surface area contributed by atoms with E-state index in [0.29, 0.717) is 24.7 Å².